The highest BCUT2D eigenvalue weighted by Gasteiger charge is 2.39. The van der Waals surface area contributed by atoms with Gasteiger partial charge in [-0.15, -0.1) is 22.7 Å². The van der Waals surface area contributed by atoms with E-state index in [-0.39, 0.29) is 29.5 Å². The molecular weight excluding hydrogens is 694 g/mol. The largest absolute Gasteiger partial charge is 0.333 e. The average Bonchev–Trinajstić information content (AvgIpc) is 3.75. The zero-order chi connectivity index (χ0) is 35.2. The molecule has 4 atom stereocenters. The average molecular weight is 733 g/mol. The fourth-order valence-corrected chi connectivity index (χ4v) is 10.3. The summed E-state index contributed by atoms with van der Waals surface area (Å²) in [5.74, 6) is -3.55. The van der Waals surface area contributed by atoms with Gasteiger partial charge in [-0.3, -0.25) is 14.5 Å². The van der Waals surface area contributed by atoms with E-state index in [1.54, 1.807) is 28.4 Å². The number of fused-ring (bicyclic) bond motifs is 2. The van der Waals surface area contributed by atoms with Crippen LogP contribution in [0.4, 0.5) is 8.78 Å². The van der Waals surface area contributed by atoms with E-state index in [0.29, 0.717) is 48.2 Å². The van der Waals surface area contributed by atoms with Crippen molar-refractivity contribution in [2.75, 3.05) is 26.7 Å². The number of benzene rings is 1. The van der Waals surface area contributed by atoms with E-state index in [0.717, 1.165) is 47.0 Å². The van der Waals surface area contributed by atoms with Crippen LogP contribution in [0.15, 0.2) is 84.8 Å². The van der Waals surface area contributed by atoms with Crippen molar-refractivity contribution >= 4 is 46.1 Å². The highest BCUT2D eigenvalue weighted by Crippen LogP contribution is 2.44. The van der Waals surface area contributed by atoms with Crippen molar-refractivity contribution in [3.05, 3.63) is 133 Å². The molecule has 4 aromatic rings. The number of pyridine rings is 1. The van der Waals surface area contributed by atoms with Crippen molar-refractivity contribution in [1.82, 2.24) is 19.7 Å². The highest BCUT2D eigenvalue weighted by atomic mass is 35.5. The minimum Gasteiger partial charge on any atom is -0.333 e. The molecular formula is C39H39ClF2N4O2S2. The smallest absolute Gasteiger partial charge is 0.308 e. The number of thiophene rings is 2. The molecule has 1 unspecified atom stereocenters. The molecule has 6 nitrogen and oxygen atoms in total. The summed E-state index contributed by atoms with van der Waals surface area (Å²) in [4.78, 5) is 38.3. The Kier molecular flexibility index (Phi) is 9.82. The van der Waals surface area contributed by atoms with Gasteiger partial charge >= 0.3 is 5.92 Å². The van der Waals surface area contributed by atoms with E-state index >= 15 is 8.78 Å². The number of carbonyl (C=O) groups excluding carboxylic acids is 2. The third-order valence-corrected chi connectivity index (χ3v) is 12.7. The van der Waals surface area contributed by atoms with Gasteiger partial charge in [0.15, 0.2) is 0 Å². The summed E-state index contributed by atoms with van der Waals surface area (Å²) in [6.45, 7) is 8.43. The van der Waals surface area contributed by atoms with E-state index < -0.39 is 11.8 Å². The van der Waals surface area contributed by atoms with E-state index in [9.17, 15) is 9.59 Å². The van der Waals surface area contributed by atoms with Gasteiger partial charge in [-0.25, -0.2) is 4.98 Å². The van der Waals surface area contributed by atoms with E-state index in [1.807, 2.05) is 49.2 Å². The van der Waals surface area contributed by atoms with Crippen molar-refractivity contribution < 1.29 is 18.4 Å². The molecule has 1 aromatic carbocycles. The molecule has 1 fully saturated rings. The number of hydrogen-bond donors (Lipinski definition) is 0. The van der Waals surface area contributed by atoms with Gasteiger partial charge in [0.2, 0.25) is 11.8 Å². The first kappa shape index (κ1) is 34.7. The van der Waals surface area contributed by atoms with Gasteiger partial charge < -0.3 is 9.80 Å². The van der Waals surface area contributed by atoms with Crippen LogP contribution < -0.4 is 0 Å². The minimum absolute atomic E-state index is 0.0577. The van der Waals surface area contributed by atoms with E-state index in [2.05, 4.69) is 27.9 Å². The Morgan fingerprint density at radius 3 is 2.52 bits per heavy atom. The fourth-order valence-electron chi connectivity index (χ4n) is 7.95. The fraction of sp³-hybridized carbons (Fsp3) is 0.359. The third kappa shape index (κ3) is 6.83. The number of nitrogens with zero attached hydrogens (tertiary/aromatic N) is 4. The predicted molar refractivity (Wildman–Crippen MR) is 196 cm³/mol. The lowest BCUT2D eigenvalue weighted by atomic mass is 9.77. The van der Waals surface area contributed by atoms with Gasteiger partial charge in [-0.1, -0.05) is 48.5 Å². The first-order chi connectivity index (χ1) is 24.0. The Labute approximate surface area is 304 Å². The van der Waals surface area contributed by atoms with Crippen LogP contribution in [0, 0.1) is 12.8 Å². The van der Waals surface area contributed by atoms with Gasteiger partial charge in [0, 0.05) is 47.3 Å². The molecule has 3 aliphatic heterocycles. The monoisotopic (exact) mass is 732 g/mol. The molecule has 0 spiro atoms. The Bertz CT molecular complexity index is 1960. The highest BCUT2D eigenvalue weighted by molar-refractivity contribution is 7.16. The van der Waals surface area contributed by atoms with Crippen LogP contribution in [0.1, 0.15) is 74.1 Å². The number of likely N-dealkylation sites (tertiary alicyclic amines) is 1. The lowest BCUT2D eigenvalue weighted by molar-refractivity contribution is -0.128. The molecule has 0 aliphatic carbocycles. The van der Waals surface area contributed by atoms with Crippen LogP contribution in [-0.2, 0) is 28.6 Å². The Hall–Kier alpha value is -3.70. The number of carbonyl (C=O) groups is 2. The molecule has 2 amide bonds. The van der Waals surface area contributed by atoms with Crippen molar-refractivity contribution in [1.29, 1.82) is 0 Å². The van der Waals surface area contributed by atoms with Crippen LogP contribution >= 0.6 is 34.3 Å². The molecule has 3 aliphatic rings. The van der Waals surface area contributed by atoms with Crippen molar-refractivity contribution in [3.8, 4) is 0 Å². The number of aryl methyl sites for hydroxylation is 1. The summed E-state index contributed by atoms with van der Waals surface area (Å²) in [5, 5.41) is 2.09. The predicted octanol–water partition coefficient (Wildman–Crippen LogP) is 8.68. The van der Waals surface area contributed by atoms with Crippen LogP contribution in [0.2, 0.25) is 4.34 Å². The summed E-state index contributed by atoms with van der Waals surface area (Å²) < 4.78 is 32.1. The standard InChI is InChI=1S/C39H39ClF2N4O2S2/c1-4-37(47)45-20-29(27-15-17-49-33(27)22-45)25-12-13-32(44(3)19-25)31-10-7-11-35(43-31)39(41,42)16-14-38(48)46-21-30(26-9-6-5-8-24(26)2)28-18-36(40)50-34(28)23-46/h4-11,14-18,25,29-30,32H,1,12-13,19-23H2,2-3H3/b16-14+/t25-,29-,30-,32?/m1/s1. The van der Waals surface area contributed by atoms with Gasteiger partial charge in [0.05, 0.1) is 29.2 Å². The number of piperidine rings is 1. The van der Waals surface area contributed by atoms with Crippen LogP contribution in [-0.4, -0.2) is 58.2 Å². The van der Waals surface area contributed by atoms with Gasteiger partial charge in [-0.2, -0.15) is 8.78 Å². The second kappa shape index (κ2) is 14.1. The zero-order valence-electron chi connectivity index (χ0n) is 28.0. The summed E-state index contributed by atoms with van der Waals surface area (Å²) in [6, 6.07) is 16.8. The van der Waals surface area contributed by atoms with Crippen molar-refractivity contribution in [2.24, 2.45) is 5.92 Å². The number of hydrogen-bond acceptors (Lipinski definition) is 6. The molecule has 7 rings (SSSR count). The molecule has 1 saturated heterocycles. The molecule has 0 bridgehead atoms. The van der Waals surface area contributed by atoms with Gasteiger partial charge in [0.25, 0.3) is 0 Å². The molecule has 6 heterocycles. The number of allylic oxidation sites excluding steroid dienone is 1. The molecule has 0 saturated carbocycles. The molecule has 0 N–H and O–H groups in total. The summed E-state index contributed by atoms with van der Waals surface area (Å²) in [7, 11) is 2.01. The minimum atomic E-state index is -3.44. The van der Waals surface area contributed by atoms with Crippen LogP contribution in [0.5, 0.6) is 0 Å². The molecule has 50 heavy (non-hydrogen) atoms. The maximum Gasteiger partial charge on any atom is 0.308 e. The number of alkyl halides is 2. The first-order valence-corrected chi connectivity index (χ1v) is 18.9. The lowest BCUT2D eigenvalue weighted by Crippen LogP contribution is -2.44. The lowest BCUT2D eigenvalue weighted by Gasteiger charge is -2.43. The zero-order valence-corrected chi connectivity index (χ0v) is 30.4. The van der Waals surface area contributed by atoms with Gasteiger partial charge in [0.1, 0.15) is 5.69 Å². The number of aromatic nitrogens is 1. The van der Waals surface area contributed by atoms with Crippen molar-refractivity contribution in [2.45, 2.75) is 56.7 Å². The number of rotatable bonds is 7. The maximum absolute atomic E-state index is 15.7. The molecule has 0 radical (unpaired) electrons. The summed E-state index contributed by atoms with van der Waals surface area (Å²) >= 11 is 9.50. The quantitative estimate of drug-likeness (QED) is 0.179. The van der Waals surface area contributed by atoms with Crippen molar-refractivity contribution in [3.63, 3.8) is 0 Å². The molecule has 260 valence electrons. The summed E-state index contributed by atoms with van der Waals surface area (Å²) in [6.07, 6.45) is 4.69. The second-order valence-corrected chi connectivity index (χ2v) is 16.4. The first-order valence-electron chi connectivity index (χ1n) is 16.9. The normalized spacial score (nSPS) is 22.7. The van der Waals surface area contributed by atoms with Gasteiger partial charge in [-0.05, 0) is 96.8 Å². The maximum atomic E-state index is 15.7. The molecule has 3 aromatic heterocycles. The number of halogens is 3. The SMILES string of the molecule is C=CC(=O)N1Cc2sccc2[C@@H]([C@@H]2CCC(c3cccc(C(F)(F)/C=C/C(=O)N4Cc5sc(Cl)cc5[C@@H](c5ccccc5C)C4)n3)N(C)C2)C1. The Balaban J connectivity index is 1.04. The Morgan fingerprint density at radius 1 is 0.960 bits per heavy atom. The van der Waals surface area contributed by atoms with Crippen LogP contribution in [0.3, 0.4) is 0 Å². The second-order valence-electron chi connectivity index (χ2n) is 13.6. The van der Waals surface area contributed by atoms with E-state index in [1.165, 1.54) is 33.9 Å². The molecule has 11 heteroatoms. The Morgan fingerprint density at radius 2 is 1.74 bits per heavy atom. The number of amides is 2. The third-order valence-electron chi connectivity index (χ3n) is 10.5. The van der Waals surface area contributed by atoms with Crippen LogP contribution in [0.25, 0.3) is 0 Å². The summed E-state index contributed by atoms with van der Waals surface area (Å²) in [5.41, 5.74) is 4.81. The topological polar surface area (TPSA) is 56.8 Å². The van der Waals surface area contributed by atoms with E-state index in [4.69, 9.17) is 11.6 Å².